The van der Waals surface area contributed by atoms with Gasteiger partial charge in [-0.25, -0.2) is 0 Å². The third-order valence-electron chi connectivity index (χ3n) is 4.88. The van der Waals surface area contributed by atoms with Crippen molar-refractivity contribution in [2.45, 2.75) is 33.1 Å². The molecule has 146 valence electrons. The Bertz CT molecular complexity index is 861. The van der Waals surface area contributed by atoms with E-state index in [0.717, 1.165) is 50.4 Å². The fraction of sp³-hybridized carbons (Fsp3) is 0.320. The SMILES string of the molecule is CCCOc1ccccc1CCNCCc1cc(-c2ccccc2)cnc1C. The van der Waals surface area contributed by atoms with Gasteiger partial charge in [0.25, 0.3) is 0 Å². The minimum absolute atomic E-state index is 0.772. The molecule has 0 atom stereocenters. The minimum Gasteiger partial charge on any atom is -0.493 e. The van der Waals surface area contributed by atoms with Gasteiger partial charge in [-0.1, -0.05) is 55.5 Å². The molecule has 1 heterocycles. The summed E-state index contributed by atoms with van der Waals surface area (Å²) in [6, 6.07) is 21.1. The monoisotopic (exact) mass is 374 g/mol. The maximum atomic E-state index is 5.85. The summed E-state index contributed by atoms with van der Waals surface area (Å²) in [6.07, 6.45) is 4.95. The Morgan fingerprint density at radius 2 is 1.57 bits per heavy atom. The van der Waals surface area contributed by atoms with Crippen LogP contribution in [-0.4, -0.2) is 24.7 Å². The van der Waals surface area contributed by atoms with Gasteiger partial charge >= 0.3 is 0 Å². The first-order chi connectivity index (χ1) is 13.8. The number of hydrogen-bond donors (Lipinski definition) is 1. The third kappa shape index (κ3) is 5.67. The number of nitrogens with zero attached hydrogens (tertiary/aromatic N) is 1. The lowest BCUT2D eigenvalue weighted by Gasteiger charge is -2.12. The van der Waals surface area contributed by atoms with E-state index in [4.69, 9.17) is 4.74 Å². The van der Waals surface area contributed by atoms with Gasteiger partial charge in [0.2, 0.25) is 0 Å². The Balaban J connectivity index is 1.51. The molecule has 3 heteroatoms. The highest BCUT2D eigenvalue weighted by atomic mass is 16.5. The molecule has 2 aromatic carbocycles. The number of para-hydroxylation sites is 1. The van der Waals surface area contributed by atoms with Crippen molar-refractivity contribution in [3.05, 3.63) is 83.7 Å². The summed E-state index contributed by atoms with van der Waals surface area (Å²) in [5, 5.41) is 3.57. The molecule has 3 nitrogen and oxygen atoms in total. The molecule has 0 radical (unpaired) electrons. The Morgan fingerprint density at radius 3 is 2.36 bits per heavy atom. The van der Waals surface area contributed by atoms with Crippen LogP contribution in [0.3, 0.4) is 0 Å². The van der Waals surface area contributed by atoms with E-state index < -0.39 is 0 Å². The van der Waals surface area contributed by atoms with Crippen LogP contribution in [0.2, 0.25) is 0 Å². The largest absolute Gasteiger partial charge is 0.493 e. The average Bonchev–Trinajstić information content (AvgIpc) is 2.74. The summed E-state index contributed by atoms with van der Waals surface area (Å²) in [6.45, 7) is 6.88. The van der Waals surface area contributed by atoms with Crippen LogP contribution in [0, 0.1) is 6.92 Å². The van der Waals surface area contributed by atoms with E-state index >= 15 is 0 Å². The quantitative estimate of drug-likeness (QED) is 0.494. The molecule has 0 unspecified atom stereocenters. The van der Waals surface area contributed by atoms with Crippen LogP contribution >= 0.6 is 0 Å². The fourth-order valence-electron chi connectivity index (χ4n) is 3.25. The van der Waals surface area contributed by atoms with Crippen LogP contribution < -0.4 is 10.1 Å². The number of aromatic nitrogens is 1. The van der Waals surface area contributed by atoms with E-state index in [1.807, 2.05) is 18.3 Å². The van der Waals surface area contributed by atoms with Crippen LogP contribution in [0.25, 0.3) is 11.1 Å². The highest BCUT2D eigenvalue weighted by molar-refractivity contribution is 5.63. The average molecular weight is 375 g/mol. The number of pyridine rings is 1. The van der Waals surface area contributed by atoms with Gasteiger partial charge in [0.1, 0.15) is 5.75 Å². The lowest BCUT2D eigenvalue weighted by Crippen LogP contribution is -2.20. The van der Waals surface area contributed by atoms with Gasteiger partial charge in [0, 0.05) is 17.5 Å². The first-order valence-electron chi connectivity index (χ1n) is 10.2. The van der Waals surface area contributed by atoms with Gasteiger partial charge in [0.15, 0.2) is 0 Å². The van der Waals surface area contributed by atoms with Gasteiger partial charge in [-0.3, -0.25) is 4.98 Å². The van der Waals surface area contributed by atoms with Crippen molar-refractivity contribution in [1.82, 2.24) is 10.3 Å². The van der Waals surface area contributed by atoms with E-state index in [1.165, 1.54) is 22.3 Å². The standard InChI is InChI=1S/C25H30N2O/c1-3-17-28-25-12-8-7-11-22(25)13-15-26-16-14-23-18-24(19-27-20(23)2)21-9-5-4-6-10-21/h4-12,18-19,26H,3,13-17H2,1-2H3. The predicted molar refractivity (Wildman–Crippen MR) is 117 cm³/mol. The second-order valence-electron chi connectivity index (χ2n) is 7.04. The van der Waals surface area contributed by atoms with Crippen molar-refractivity contribution in [3.63, 3.8) is 0 Å². The van der Waals surface area contributed by atoms with Crippen LogP contribution in [0.5, 0.6) is 5.75 Å². The first kappa shape index (κ1) is 20.1. The summed E-state index contributed by atoms with van der Waals surface area (Å²) in [4.78, 5) is 4.60. The zero-order valence-electron chi connectivity index (χ0n) is 16.9. The second-order valence-corrected chi connectivity index (χ2v) is 7.04. The molecular formula is C25H30N2O. The molecule has 1 aromatic heterocycles. The molecule has 0 aliphatic rings. The molecule has 0 spiro atoms. The van der Waals surface area contributed by atoms with Gasteiger partial charge in [-0.15, -0.1) is 0 Å². The van der Waals surface area contributed by atoms with Crippen molar-refractivity contribution in [3.8, 4) is 16.9 Å². The van der Waals surface area contributed by atoms with E-state index in [-0.39, 0.29) is 0 Å². The minimum atomic E-state index is 0.772. The molecule has 0 aliphatic carbocycles. The van der Waals surface area contributed by atoms with Crippen molar-refractivity contribution < 1.29 is 4.74 Å². The van der Waals surface area contributed by atoms with E-state index in [1.54, 1.807) is 0 Å². The van der Waals surface area contributed by atoms with Crippen molar-refractivity contribution in [2.24, 2.45) is 0 Å². The Labute approximate surface area is 168 Å². The normalized spacial score (nSPS) is 10.8. The molecule has 0 saturated heterocycles. The first-order valence-corrected chi connectivity index (χ1v) is 10.2. The molecule has 0 fully saturated rings. The number of ether oxygens (including phenoxy) is 1. The highest BCUT2D eigenvalue weighted by Crippen LogP contribution is 2.21. The van der Waals surface area contributed by atoms with Crippen LogP contribution in [0.4, 0.5) is 0 Å². The van der Waals surface area contributed by atoms with Gasteiger partial charge in [0.05, 0.1) is 6.61 Å². The topological polar surface area (TPSA) is 34.1 Å². The molecular weight excluding hydrogens is 344 g/mol. The highest BCUT2D eigenvalue weighted by Gasteiger charge is 2.05. The van der Waals surface area contributed by atoms with Crippen LogP contribution in [0.1, 0.15) is 30.2 Å². The molecule has 0 aliphatic heterocycles. The van der Waals surface area contributed by atoms with Gasteiger partial charge < -0.3 is 10.1 Å². The van der Waals surface area contributed by atoms with Crippen molar-refractivity contribution in [1.29, 1.82) is 0 Å². The predicted octanol–water partition coefficient (Wildman–Crippen LogP) is 5.22. The van der Waals surface area contributed by atoms with Gasteiger partial charge in [-0.2, -0.15) is 0 Å². The number of aryl methyl sites for hydroxylation is 1. The van der Waals surface area contributed by atoms with Crippen LogP contribution in [-0.2, 0) is 12.8 Å². The van der Waals surface area contributed by atoms with Crippen LogP contribution in [0.15, 0.2) is 66.9 Å². The Hall–Kier alpha value is -2.65. The zero-order valence-corrected chi connectivity index (χ0v) is 16.9. The maximum Gasteiger partial charge on any atom is 0.122 e. The van der Waals surface area contributed by atoms with Crippen molar-refractivity contribution in [2.75, 3.05) is 19.7 Å². The van der Waals surface area contributed by atoms with Gasteiger partial charge in [-0.05, 0) is 68.1 Å². The third-order valence-corrected chi connectivity index (χ3v) is 4.88. The lowest BCUT2D eigenvalue weighted by atomic mass is 10.0. The summed E-state index contributed by atoms with van der Waals surface area (Å²) in [5.74, 6) is 1.02. The second kappa shape index (κ2) is 10.6. The van der Waals surface area contributed by atoms with E-state index in [0.29, 0.717) is 0 Å². The number of benzene rings is 2. The molecule has 28 heavy (non-hydrogen) atoms. The molecule has 0 saturated carbocycles. The van der Waals surface area contributed by atoms with Crippen molar-refractivity contribution >= 4 is 0 Å². The number of nitrogens with one attached hydrogen (secondary N) is 1. The summed E-state index contributed by atoms with van der Waals surface area (Å²) in [7, 11) is 0. The maximum absolute atomic E-state index is 5.85. The smallest absolute Gasteiger partial charge is 0.122 e. The summed E-state index contributed by atoms with van der Waals surface area (Å²) < 4.78 is 5.85. The molecule has 0 bridgehead atoms. The lowest BCUT2D eigenvalue weighted by molar-refractivity contribution is 0.314. The fourth-order valence-corrected chi connectivity index (χ4v) is 3.25. The molecule has 0 amide bonds. The number of hydrogen-bond acceptors (Lipinski definition) is 3. The van der Waals surface area contributed by atoms with E-state index in [9.17, 15) is 0 Å². The van der Waals surface area contributed by atoms with E-state index in [2.05, 4.69) is 72.7 Å². The molecule has 3 rings (SSSR count). The zero-order chi connectivity index (χ0) is 19.6. The molecule has 1 N–H and O–H groups in total. The summed E-state index contributed by atoms with van der Waals surface area (Å²) >= 11 is 0. The number of rotatable bonds is 10. The molecule has 3 aromatic rings. The Kier molecular flexibility index (Phi) is 7.62. The Morgan fingerprint density at radius 1 is 0.857 bits per heavy atom. The summed E-state index contributed by atoms with van der Waals surface area (Å²) in [5.41, 5.74) is 6.09.